The lowest BCUT2D eigenvalue weighted by Gasteiger charge is -2.22. The van der Waals surface area contributed by atoms with Gasteiger partial charge in [-0.25, -0.2) is 27.6 Å². The second-order valence-electron chi connectivity index (χ2n) is 24.7. The van der Waals surface area contributed by atoms with E-state index in [1.54, 1.807) is 93.6 Å². The normalized spacial score (nSPS) is 14.2. The van der Waals surface area contributed by atoms with Crippen LogP contribution in [0.4, 0.5) is 13.2 Å². The van der Waals surface area contributed by atoms with E-state index in [4.69, 9.17) is 28.4 Å². The molecule has 0 heterocycles. The molecule has 0 amide bonds. The molecule has 2 aliphatic carbocycles. The molecule has 0 saturated heterocycles. The molecular weight excluding hydrogens is 1590 g/mol. The molecular formula is C84H83Br3F3O12S3+3. The summed E-state index contributed by atoms with van der Waals surface area (Å²) in [7, 11) is -1.35. The predicted octanol–water partition coefficient (Wildman–Crippen LogP) is 20.3. The highest BCUT2D eigenvalue weighted by atomic mass is 79.9. The first-order valence-electron chi connectivity index (χ1n) is 34.8. The van der Waals surface area contributed by atoms with Crippen molar-refractivity contribution in [2.45, 2.75) is 155 Å². The zero-order valence-electron chi connectivity index (χ0n) is 58.5. The van der Waals surface area contributed by atoms with Gasteiger partial charge in [0.25, 0.3) is 0 Å². The molecule has 21 heteroatoms. The molecule has 2 saturated carbocycles. The maximum atomic E-state index is 13.4. The maximum absolute atomic E-state index is 13.4. The Morgan fingerprint density at radius 2 is 0.514 bits per heavy atom. The Bertz CT molecular complexity index is 4120. The third kappa shape index (κ3) is 24.8. The summed E-state index contributed by atoms with van der Waals surface area (Å²) in [5, 5.41) is 0. The molecule has 12 nitrogen and oxygen atoms in total. The molecule has 2 aliphatic rings. The molecule has 0 aromatic heterocycles. The summed E-state index contributed by atoms with van der Waals surface area (Å²) in [5.74, 6) is -2.26. The van der Waals surface area contributed by atoms with E-state index < -0.39 is 61.3 Å². The van der Waals surface area contributed by atoms with Gasteiger partial charge < -0.3 is 28.4 Å². The molecule has 0 aliphatic heterocycles. The Balaban J connectivity index is 0.000000186. The summed E-state index contributed by atoms with van der Waals surface area (Å²) in [6.07, 6.45) is 13.2. The number of ether oxygens (including phenoxy) is 6. The maximum Gasteiger partial charge on any atom is 0.338 e. The van der Waals surface area contributed by atoms with Crippen LogP contribution >= 0.6 is 47.8 Å². The van der Waals surface area contributed by atoms with Gasteiger partial charge in [-0.2, -0.15) is 0 Å². The summed E-state index contributed by atoms with van der Waals surface area (Å²) < 4.78 is 70.9. The zero-order chi connectivity index (χ0) is 74.6. The Labute approximate surface area is 646 Å². The summed E-state index contributed by atoms with van der Waals surface area (Å²) in [4.78, 5) is 79.7. The number of hydrogen-bond donors (Lipinski definition) is 0. The van der Waals surface area contributed by atoms with Gasteiger partial charge in [0.1, 0.15) is 71.6 Å². The van der Waals surface area contributed by atoms with Crippen LogP contribution in [0, 0.1) is 17.5 Å². The number of halogens is 6. The quantitative estimate of drug-likeness (QED) is 0.0166. The fraction of sp³-hybridized carbons (Fsp3) is 0.286. The Kier molecular flexibility index (Phi) is 32.3. The summed E-state index contributed by atoms with van der Waals surface area (Å²) >= 11 is 9.38. The standard InChI is InChI=1S/C36H42BrO4S.C24H20BrF2O4S.C24H21BrFO4S/c1-26(37)35(38)40-24-25-41-36(39)31-16-22-34(23-17-31)42(32-18-12-29(13-19-32)27-8-4-2-5-9-27)33-20-14-30(15-21-33)28-10-6-3-7-11-28;1-16(25)23(28)30-14-15-31-24(29)17-2-8-20(9-3-17)32(21-10-4-18(26)5-11-21)22-12-6-19(27)7-13-22;1-17(25)23(27)29-15-16-30-24(28)18-7-11-21(12-8-18)31(20-5-3-2-4-6-20)22-13-9-19(26)10-14-22/h12-23,26-28H,2-11,24-25H2,1H3;2-13,16H,14-15H2,1H3;2-14,17H,15-16H2,1H3/q3*+1. The molecule has 0 bridgehead atoms. The van der Waals surface area contributed by atoms with E-state index in [0.717, 1.165) is 29.4 Å². The Morgan fingerprint density at radius 1 is 0.305 bits per heavy atom. The van der Waals surface area contributed by atoms with Gasteiger partial charge >= 0.3 is 35.8 Å². The van der Waals surface area contributed by atoms with Crippen LogP contribution in [0.5, 0.6) is 0 Å². The van der Waals surface area contributed by atoms with Gasteiger partial charge in [0.2, 0.25) is 0 Å². The van der Waals surface area contributed by atoms with Gasteiger partial charge in [-0.3, -0.25) is 14.4 Å². The number of benzene rings is 9. The van der Waals surface area contributed by atoms with Crippen molar-refractivity contribution >= 4 is 116 Å². The zero-order valence-corrected chi connectivity index (χ0v) is 65.7. The lowest BCUT2D eigenvalue weighted by Crippen LogP contribution is -2.18. The Hall–Kier alpha value is -7.92. The smallest absolute Gasteiger partial charge is 0.338 e. The van der Waals surface area contributed by atoms with Gasteiger partial charge in [0, 0.05) is 0 Å². The van der Waals surface area contributed by atoms with Crippen LogP contribution in [0.1, 0.15) is 139 Å². The number of hydrogen-bond acceptors (Lipinski definition) is 12. The van der Waals surface area contributed by atoms with Crippen LogP contribution in [0.25, 0.3) is 0 Å². The first kappa shape index (κ1) is 81.2. The second-order valence-corrected chi connectivity index (χ2v) is 34.9. The Morgan fingerprint density at radius 3 is 0.752 bits per heavy atom. The molecule has 0 N–H and O–H groups in total. The van der Waals surface area contributed by atoms with Crippen molar-refractivity contribution in [1.29, 1.82) is 0 Å². The van der Waals surface area contributed by atoms with Gasteiger partial charge in [-0.15, -0.1) is 0 Å². The van der Waals surface area contributed by atoms with Crippen molar-refractivity contribution < 1.29 is 70.4 Å². The number of carbonyl (C=O) groups is 6. The molecule has 548 valence electrons. The van der Waals surface area contributed by atoms with Gasteiger partial charge in [0.15, 0.2) is 44.1 Å². The van der Waals surface area contributed by atoms with Crippen molar-refractivity contribution in [3.8, 4) is 0 Å². The minimum Gasteiger partial charge on any atom is -0.461 e. The van der Waals surface area contributed by atoms with E-state index in [1.165, 1.54) is 126 Å². The fourth-order valence-corrected chi connectivity index (χ4v) is 18.3. The third-order valence-corrected chi connectivity index (χ3v) is 25.0. The van der Waals surface area contributed by atoms with E-state index in [2.05, 4.69) is 108 Å². The van der Waals surface area contributed by atoms with Gasteiger partial charge in [0.05, 0.1) is 49.4 Å². The molecule has 4 atom stereocenters. The van der Waals surface area contributed by atoms with Crippen LogP contribution in [0.15, 0.2) is 269 Å². The fourth-order valence-electron chi connectivity index (χ4n) is 11.7. The van der Waals surface area contributed by atoms with Crippen molar-refractivity contribution in [3.63, 3.8) is 0 Å². The van der Waals surface area contributed by atoms with Crippen LogP contribution in [0.3, 0.4) is 0 Å². The van der Waals surface area contributed by atoms with E-state index in [1.807, 2.05) is 54.6 Å². The van der Waals surface area contributed by atoms with E-state index in [0.29, 0.717) is 28.5 Å². The predicted molar refractivity (Wildman–Crippen MR) is 415 cm³/mol. The largest absolute Gasteiger partial charge is 0.461 e. The average molecular weight is 1680 g/mol. The molecule has 2 fully saturated rings. The molecule has 11 rings (SSSR count). The lowest BCUT2D eigenvalue weighted by atomic mass is 9.84. The average Bonchev–Trinajstić information content (AvgIpc) is 0.810. The molecule has 9 aromatic rings. The topological polar surface area (TPSA) is 158 Å². The highest BCUT2D eigenvalue weighted by Gasteiger charge is 2.33. The van der Waals surface area contributed by atoms with Crippen LogP contribution in [-0.4, -0.2) is 89.9 Å². The van der Waals surface area contributed by atoms with Crippen LogP contribution in [-0.2, 0) is 75.5 Å². The van der Waals surface area contributed by atoms with E-state index in [9.17, 15) is 41.9 Å². The summed E-state index contributed by atoms with van der Waals surface area (Å²) in [6.45, 7) is 4.95. The SMILES string of the molecule is CC(Br)C(=O)OCCOC(=O)c1ccc([S+](c2ccc(C3CCCCC3)cc2)c2ccc(C3CCCCC3)cc2)cc1.CC(Br)C(=O)OCCOC(=O)c1ccc([S+](c2ccc(F)cc2)c2ccc(F)cc2)cc1.CC(Br)C(=O)OCCOC(=O)c1ccc([S+](c2ccccc2)c2ccc(F)cc2)cc1. The molecule has 105 heavy (non-hydrogen) atoms. The molecule has 4 unspecified atom stereocenters. The minimum absolute atomic E-state index is 0.000623. The van der Waals surface area contributed by atoms with Crippen molar-refractivity contribution in [3.05, 3.63) is 270 Å². The lowest BCUT2D eigenvalue weighted by molar-refractivity contribution is -0.144. The third-order valence-electron chi connectivity index (χ3n) is 17.1. The highest BCUT2D eigenvalue weighted by Crippen LogP contribution is 2.39. The van der Waals surface area contributed by atoms with E-state index in [-0.39, 0.29) is 78.8 Å². The monoisotopic (exact) mass is 1670 g/mol. The van der Waals surface area contributed by atoms with Crippen LogP contribution < -0.4 is 0 Å². The number of rotatable bonds is 26. The van der Waals surface area contributed by atoms with E-state index >= 15 is 0 Å². The van der Waals surface area contributed by atoms with Crippen molar-refractivity contribution in [1.82, 2.24) is 0 Å². The second kappa shape index (κ2) is 41.8. The van der Waals surface area contributed by atoms with Gasteiger partial charge in [-0.05, 0) is 251 Å². The summed E-state index contributed by atoms with van der Waals surface area (Å²) in [5.41, 5.74) is 4.16. The first-order chi connectivity index (χ1) is 50.8. The van der Waals surface area contributed by atoms with Gasteiger partial charge in [-0.1, -0.05) is 129 Å². The van der Waals surface area contributed by atoms with Crippen LogP contribution in [0.2, 0.25) is 0 Å². The molecule has 0 radical (unpaired) electrons. The molecule has 0 spiro atoms. The van der Waals surface area contributed by atoms with Crippen molar-refractivity contribution in [2.24, 2.45) is 0 Å². The minimum atomic E-state index is -0.617. The highest BCUT2D eigenvalue weighted by molar-refractivity contribution is 9.10. The van der Waals surface area contributed by atoms with Crippen molar-refractivity contribution in [2.75, 3.05) is 39.6 Å². The number of alkyl halides is 3. The first-order valence-corrected chi connectivity index (χ1v) is 41.2. The molecule has 9 aromatic carbocycles. The number of carbonyl (C=O) groups excluding carboxylic acids is 6. The number of esters is 6. The summed E-state index contributed by atoms with van der Waals surface area (Å²) in [6, 6.07) is 69.2.